The number of rotatable bonds is 5. The third-order valence-corrected chi connectivity index (χ3v) is 4.15. The van der Waals surface area contributed by atoms with Gasteiger partial charge in [0.2, 0.25) is 5.88 Å². The molecule has 160 valence electrons. The van der Waals surface area contributed by atoms with Crippen molar-refractivity contribution in [2.24, 2.45) is 0 Å². The van der Waals surface area contributed by atoms with E-state index in [4.69, 9.17) is 4.74 Å². The van der Waals surface area contributed by atoms with E-state index >= 15 is 0 Å². The van der Waals surface area contributed by atoms with Crippen LogP contribution >= 0.6 is 0 Å². The zero-order chi connectivity index (χ0) is 22.1. The Morgan fingerprint density at radius 1 is 1.07 bits per heavy atom. The first-order chi connectivity index (χ1) is 14.0. The molecular formula is C18H14F6N4O2. The van der Waals surface area contributed by atoms with Gasteiger partial charge < -0.3 is 15.2 Å². The number of alkyl halides is 6. The van der Waals surface area contributed by atoms with Crippen LogP contribution < -0.4 is 10.1 Å². The Morgan fingerprint density at radius 3 is 2.43 bits per heavy atom. The van der Waals surface area contributed by atoms with Gasteiger partial charge in [0, 0.05) is 18.0 Å². The van der Waals surface area contributed by atoms with Crippen LogP contribution in [-0.2, 0) is 12.4 Å². The number of fused-ring (bicyclic) bond motifs is 1. The summed E-state index contributed by atoms with van der Waals surface area (Å²) in [7, 11) is 1.36. The molecule has 1 atom stereocenters. The van der Waals surface area contributed by atoms with Gasteiger partial charge in [0.05, 0.1) is 24.3 Å². The Morgan fingerprint density at radius 2 is 1.80 bits per heavy atom. The number of aromatic nitrogens is 3. The summed E-state index contributed by atoms with van der Waals surface area (Å²) in [6.07, 6.45) is -10.4. The summed E-state index contributed by atoms with van der Waals surface area (Å²) >= 11 is 0. The van der Waals surface area contributed by atoms with Crippen LogP contribution in [0, 0.1) is 0 Å². The molecule has 0 aliphatic carbocycles. The topological polar surface area (TPSA) is 80.2 Å². The van der Waals surface area contributed by atoms with Crippen molar-refractivity contribution in [1.82, 2.24) is 15.0 Å². The van der Waals surface area contributed by atoms with E-state index in [0.29, 0.717) is 12.1 Å². The van der Waals surface area contributed by atoms with E-state index < -0.39 is 35.2 Å². The molecule has 0 aliphatic heterocycles. The number of aliphatic hydroxyl groups excluding tert-OH is 1. The summed E-state index contributed by atoms with van der Waals surface area (Å²) in [6.45, 7) is -0.340. The maximum Gasteiger partial charge on any atom is 0.433 e. The summed E-state index contributed by atoms with van der Waals surface area (Å²) in [6, 6.07) is 4.76. The van der Waals surface area contributed by atoms with Gasteiger partial charge in [-0.1, -0.05) is 12.1 Å². The fourth-order valence-corrected chi connectivity index (χ4v) is 2.78. The number of ether oxygens (including phenoxy) is 1. The Kier molecular flexibility index (Phi) is 5.70. The minimum absolute atomic E-state index is 0.200. The smallest absolute Gasteiger partial charge is 0.433 e. The Labute approximate surface area is 165 Å². The van der Waals surface area contributed by atoms with E-state index in [1.54, 1.807) is 0 Å². The summed E-state index contributed by atoms with van der Waals surface area (Å²) in [5.74, 6) is 0.400. The minimum atomic E-state index is -5.01. The summed E-state index contributed by atoms with van der Waals surface area (Å²) in [4.78, 5) is 10.8. The maximum atomic E-state index is 13.3. The number of benzene rings is 1. The van der Waals surface area contributed by atoms with Crippen molar-refractivity contribution in [2.45, 2.75) is 18.5 Å². The van der Waals surface area contributed by atoms with E-state index in [9.17, 15) is 31.4 Å². The maximum absolute atomic E-state index is 13.3. The fraction of sp³-hybridized carbons (Fsp3) is 0.278. The van der Waals surface area contributed by atoms with Gasteiger partial charge in [0.25, 0.3) is 0 Å². The second-order valence-corrected chi connectivity index (χ2v) is 6.14. The molecule has 6 nitrogen and oxygen atoms in total. The third-order valence-electron chi connectivity index (χ3n) is 4.15. The molecule has 0 fully saturated rings. The lowest BCUT2D eigenvalue weighted by molar-refractivity contribution is -0.142. The molecule has 30 heavy (non-hydrogen) atoms. The number of nitrogens with zero attached hydrogens (tertiary/aromatic N) is 3. The van der Waals surface area contributed by atoms with Crippen molar-refractivity contribution >= 4 is 16.7 Å². The van der Waals surface area contributed by atoms with Gasteiger partial charge in [0.1, 0.15) is 17.8 Å². The number of aliphatic hydroxyl groups is 1. The minimum Gasteiger partial charge on any atom is -0.481 e. The predicted molar refractivity (Wildman–Crippen MR) is 93.8 cm³/mol. The standard InChI is InChI=1S/C18H14F6N4O2/c1-30-15-6-14(26-8-27-15)25-7-12(29)10-5-13(18(22,23)24)28-16-9(10)3-2-4-11(16)17(19,20)21/h2-6,8,12,29H,7H2,1H3,(H,25,26,27). The van der Waals surface area contributed by atoms with Gasteiger partial charge >= 0.3 is 12.4 Å². The second kappa shape index (κ2) is 7.94. The average Bonchev–Trinajstić information content (AvgIpc) is 2.69. The zero-order valence-electron chi connectivity index (χ0n) is 15.2. The quantitative estimate of drug-likeness (QED) is 0.588. The first kappa shape index (κ1) is 21.6. The molecule has 12 heteroatoms. The molecule has 0 bridgehead atoms. The van der Waals surface area contributed by atoms with Crippen molar-refractivity contribution in [1.29, 1.82) is 0 Å². The van der Waals surface area contributed by atoms with Crippen LogP contribution in [-0.4, -0.2) is 33.7 Å². The number of halogens is 6. The summed E-state index contributed by atoms with van der Waals surface area (Å²) in [5, 5.41) is 12.9. The lowest BCUT2D eigenvalue weighted by Gasteiger charge is -2.19. The monoisotopic (exact) mass is 432 g/mol. The number of hydrogen-bond donors (Lipinski definition) is 2. The molecule has 0 saturated carbocycles. The molecule has 1 aromatic carbocycles. The normalized spacial score (nSPS) is 13.3. The lowest BCUT2D eigenvalue weighted by atomic mass is 9.99. The Hall–Kier alpha value is -3.15. The van der Waals surface area contributed by atoms with Crippen LogP contribution in [0.5, 0.6) is 5.88 Å². The van der Waals surface area contributed by atoms with Gasteiger partial charge in [0.15, 0.2) is 0 Å². The molecule has 1 unspecified atom stereocenters. The molecule has 3 aromatic rings. The number of hydrogen-bond acceptors (Lipinski definition) is 6. The van der Waals surface area contributed by atoms with Crippen LogP contribution in [0.4, 0.5) is 32.2 Å². The van der Waals surface area contributed by atoms with E-state index in [2.05, 4.69) is 20.3 Å². The molecule has 2 N–H and O–H groups in total. The first-order valence-electron chi connectivity index (χ1n) is 8.36. The van der Waals surface area contributed by atoms with E-state index in [-0.39, 0.29) is 29.2 Å². The highest BCUT2D eigenvalue weighted by Crippen LogP contribution is 2.38. The Balaban J connectivity index is 2.04. The number of para-hydroxylation sites is 1. The SMILES string of the molecule is COc1cc(NCC(O)c2cc(C(F)(F)F)nc3c(C(F)(F)F)cccc23)ncn1. The van der Waals surface area contributed by atoms with Gasteiger partial charge in [-0.2, -0.15) is 26.3 Å². The number of anilines is 1. The van der Waals surface area contributed by atoms with Crippen molar-refractivity contribution < 1.29 is 36.2 Å². The van der Waals surface area contributed by atoms with Crippen LogP contribution in [0.15, 0.2) is 36.7 Å². The number of nitrogens with one attached hydrogen (secondary N) is 1. The van der Waals surface area contributed by atoms with E-state index in [1.165, 1.54) is 19.2 Å². The molecule has 0 amide bonds. The average molecular weight is 432 g/mol. The zero-order valence-corrected chi connectivity index (χ0v) is 15.2. The first-order valence-corrected chi connectivity index (χ1v) is 8.36. The summed E-state index contributed by atoms with van der Waals surface area (Å²) < 4.78 is 84.6. The van der Waals surface area contributed by atoms with Gasteiger partial charge in [-0.15, -0.1) is 0 Å². The number of methoxy groups -OCH3 is 1. The highest BCUT2D eigenvalue weighted by molar-refractivity contribution is 5.86. The second-order valence-electron chi connectivity index (χ2n) is 6.14. The largest absolute Gasteiger partial charge is 0.481 e. The molecule has 0 spiro atoms. The van der Waals surface area contributed by atoms with Gasteiger partial charge in [-0.25, -0.2) is 15.0 Å². The summed E-state index contributed by atoms with van der Waals surface area (Å²) in [5.41, 5.74) is -4.11. The highest BCUT2D eigenvalue weighted by Gasteiger charge is 2.37. The van der Waals surface area contributed by atoms with Crippen molar-refractivity contribution in [3.63, 3.8) is 0 Å². The van der Waals surface area contributed by atoms with Crippen molar-refractivity contribution in [3.8, 4) is 5.88 Å². The lowest BCUT2D eigenvalue weighted by Crippen LogP contribution is -2.17. The van der Waals surface area contributed by atoms with Crippen LogP contribution in [0.1, 0.15) is 22.9 Å². The molecule has 0 saturated heterocycles. The predicted octanol–water partition coefficient (Wildman–Crippen LogP) is 4.22. The van der Waals surface area contributed by atoms with Crippen LogP contribution in [0.25, 0.3) is 10.9 Å². The molecule has 2 heterocycles. The van der Waals surface area contributed by atoms with E-state index in [0.717, 1.165) is 12.4 Å². The molecular weight excluding hydrogens is 418 g/mol. The highest BCUT2D eigenvalue weighted by atomic mass is 19.4. The Bertz CT molecular complexity index is 1060. The van der Waals surface area contributed by atoms with Gasteiger partial charge in [-0.3, -0.25) is 0 Å². The van der Waals surface area contributed by atoms with Crippen LogP contribution in [0.2, 0.25) is 0 Å². The molecule has 2 aromatic heterocycles. The van der Waals surface area contributed by atoms with Crippen molar-refractivity contribution in [3.05, 3.63) is 53.5 Å². The third kappa shape index (κ3) is 4.53. The molecule has 3 rings (SSSR count). The van der Waals surface area contributed by atoms with Gasteiger partial charge in [-0.05, 0) is 17.7 Å². The molecule has 0 radical (unpaired) electrons. The van der Waals surface area contributed by atoms with E-state index in [1.807, 2.05) is 0 Å². The molecule has 0 aliphatic rings. The van der Waals surface area contributed by atoms with Crippen molar-refractivity contribution in [2.75, 3.05) is 19.0 Å². The fourth-order valence-electron chi connectivity index (χ4n) is 2.78. The number of pyridine rings is 1. The van der Waals surface area contributed by atoms with Crippen LogP contribution in [0.3, 0.4) is 0 Å².